The van der Waals surface area contributed by atoms with Gasteiger partial charge in [-0.25, -0.2) is 0 Å². The van der Waals surface area contributed by atoms with Crippen molar-refractivity contribution in [2.24, 2.45) is 0 Å². The largest absolute Gasteiger partial charge is 0.480 e. The molecule has 0 spiro atoms. The molecule has 0 atom stereocenters. The lowest BCUT2D eigenvalue weighted by atomic mass is 10.3. The van der Waals surface area contributed by atoms with Crippen molar-refractivity contribution in [3.8, 4) is 0 Å². The van der Waals surface area contributed by atoms with Gasteiger partial charge in [-0.1, -0.05) is 0 Å². The van der Waals surface area contributed by atoms with E-state index in [2.05, 4.69) is 0 Å². The van der Waals surface area contributed by atoms with E-state index in [4.69, 9.17) is 5.11 Å². The van der Waals surface area contributed by atoms with Crippen molar-refractivity contribution in [1.82, 2.24) is 4.90 Å². The fraction of sp³-hybridized carbons (Fsp3) is 0.714. The summed E-state index contributed by atoms with van der Waals surface area (Å²) in [4.78, 5) is 20.5. The summed E-state index contributed by atoms with van der Waals surface area (Å²) >= 11 is 0. The Balaban J connectivity index is 4.68. The highest BCUT2D eigenvalue weighted by molar-refractivity contribution is 5.81. The lowest BCUT2D eigenvalue weighted by Crippen LogP contribution is -2.43. The quantitative estimate of drug-likeness (QED) is 0.783. The van der Waals surface area contributed by atoms with Crippen LogP contribution in [0.15, 0.2) is 0 Å². The number of alkyl halides is 6. The van der Waals surface area contributed by atoms with Gasteiger partial charge in [0.1, 0.15) is 19.5 Å². The van der Waals surface area contributed by atoms with Crippen molar-refractivity contribution in [3.05, 3.63) is 0 Å². The summed E-state index contributed by atoms with van der Waals surface area (Å²) in [6.07, 6.45) is -12.1. The molecule has 0 unspecified atom stereocenters. The van der Waals surface area contributed by atoms with Gasteiger partial charge in [0.15, 0.2) is 0 Å². The molecule has 0 aliphatic carbocycles. The third-order valence-electron chi connectivity index (χ3n) is 1.40. The van der Waals surface area contributed by atoms with E-state index in [1.54, 1.807) is 0 Å². The fourth-order valence-electron chi connectivity index (χ4n) is 0.895. The normalized spacial score (nSPS) is 12.4. The molecule has 0 radical (unpaired) electrons. The number of carbonyl (C=O) groups excluding carboxylic acids is 1. The van der Waals surface area contributed by atoms with Crippen molar-refractivity contribution in [2.75, 3.05) is 13.1 Å². The zero-order valence-electron chi connectivity index (χ0n) is 8.10. The summed E-state index contributed by atoms with van der Waals surface area (Å²) in [6.45, 7) is -3.47. The fourth-order valence-corrected chi connectivity index (χ4v) is 0.895. The Bertz CT molecular complexity index is 297. The van der Waals surface area contributed by atoms with Crippen LogP contribution in [0.25, 0.3) is 0 Å². The molecule has 4 nitrogen and oxygen atoms in total. The Morgan fingerprint density at radius 1 is 1.00 bits per heavy atom. The minimum Gasteiger partial charge on any atom is -0.480 e. The van der Waals surface area contributed by atoms with E-state index in [1.165, 1.54) is 0 Å². The van der Waals surface area contributed by atoms with Crippen molar-refractivity contribution in [2.45, 2.75) is 18.8 Å². The second kappa shape index (κ2) is 5.23. The number of amides is 1. The van der Waals surface area contributed by atoms with Crippen LogP contribution in [0.4, 0.5) is 26.3 Å². The number of halogens is 6. The molecule has 0 bridgehead atoms. The van der Waals surface area contributed by atoms with Gasteiger partial charge in [0.25, 0.3) is 0 Å². The molecule has 0 fully saturated rings. The van der Waals surface area contributed by atoms with Gasteiger partial charge in [-0.2, -0.15) is 26.3 Å². The molecule has 0 aromatic carbocycles. The van der Waals surface area contributed by atoms with Crippen LogP contribution in [0.1, 0.15) is 6.42 Å². The third kappa shape index (κ3) is 8.34. The minimum atomic E-state index is -4.99. The highest BCUT2D eigenvalue weighted by atomic mass is 19.4. The van der Waals surface area contributed by atoms with Crippen LogP contribution in [0.3, 0.4) is 0 Å². The number of aliphatic carboxylic acids is 1. The van der Waals surface area contributed by atoms with Crippen molar-refractivity contribution < 1.29 is 41.0 Å². The van der Waals surface area contributed by atoms with Gasteiger partial charge in [-0.15, -0.1) is 0 Å². The second-order valence-electron chi connectivity index (χ2n) is 3.05. The zero-order valence-corrected chi connectivity index (χ0v) is 8.10. The highest BCUT2D eigenvalue weighted by Crippen LogP contribution is 2.23. The Morgan fingerprint density at radius 3 is 1.76 bits per heavy atom. The summed E-state index contributed by atoms with van der Waals surface area (Å²) in [6, 6.07) is 0. The van der Waals surface area contributed by atoms with Gasteiger partial charge in [-0.05, 0) is 0 Å². The molecular formula is C7H7F6NO3. The number of nitrogens with zero attached hydrogens (tertiary/aromatic N) is 1. The van der Waals surface area contributed by atoms with E-state index in [0.29, 0.717) is 0 Å². The molecule has 0 aromatic rings. The van der Waals surface area contributed by atoms with Crippen molar-refractivity contribution in [1.29, 1.82) is 0 Å². The van der Waals surface area contributed by atoms with E-state index in [0.717, 1.165) is 0 Å². The van der Waals surface area contributed by atoms with Crippen LogP contribution in [-0.4, -0.2) is 47.3 Å². The van der Waals surface area contributed by atoms with Gasteiger partial charge in [0, 0.05) is 0 Å². The summed E-state index contributed by atoms with van der Waals surface area (Å²) in [5.41, 5.74) is 0. The van der Waals surface area contributed by atoms with Gasteiger partial charge in [0.2, 0.25) is 5.91 Å². The molecule has 1 N–H and O–H groups in total. The Labute approximate surface area is 90.8 Å². The van der Waals surface area contributed by atoms with Gasteiger partial charge in [0.05, 0.1) is 0 Å². The summed E-state index contributed by atoms with van der Waals surface area (Å²) in [7, 11) is 0. The molecule has 0 saturated heterocycles. The summed E-state index contributed by atoms with van der Waals surface area (Å²) in [5.74, 6) is -3.76. The maximum atomic E-state index is 11.9. The average Bonchev–Trinajstić information content (AvgIpc) is 1.95. The SMILES string of the molecule is O=C(O)CN(CC(F)(F)F)C(=O)CC(F)(F)F. The predicted octanol–water partition coefficient (Wildman–Crippen LogP) is 1.41. The van der Waals surface area contributed by atoms with Crippen molar-refractivity contribution in [3.63, 3.8) is 0 Å². The first-order valence-corrected chi connectivity index (χ1v) is 4.04. The van der Waals surface area contributed by atoms with Crippen molar-refractivity contribution >= 4 is 11.9 Å². The van der Waals surface area contributed by atoms with Gasteiger partial charge < -0.3 is 10.0 Å². The number of hydrogen-bond acceptors (Lipinski definition) is 2. The molecule has 0 aliphatic heterocycles. The van der Waals surface area contributed by atoms with E-state index < -0.39 is 48.6 Å². The molecule has 0 heterocycles. The van der Waals surface area contributed by atoms with Crippen LogP contribution < -0.4 is 0 Å². The lowest BCUT2D eigenvalue weighted by Gasteiger charge is -2.22. The number of carboxylic acids is 1. The van der Waals surface area contributed by atoms with Crippen LogP contribution in [0.2, 0.25) is 0 Å². The number of hydrogen-bond donors (Lipinski definition) is 1. The number of carboxylic acid groups (broad SMARTS) is 1. The Morgan fingerprint density at radius 2 is 1.47 bits per heavy atom. The second-order valence-corrected chi connectivity index (χ2v) is 3.05. The van der Waals surface area contributed by atoms with Crippen LogP contribution >= 0.6 is 0 Å². The molecule has 10 heteroatoms. The first-order valence-electron chi connectivity index (χ1n) is 4.04. The minimum absolute atomic E-state index is 0.407. The summed E-state index contributed by atoms with van der Waals surface area (Å²) in [5, 5.41) is 8.19. The molecule has 0 saturated carbocycles. The molecule has 0 rings (SSSR count). The molecule has 1 amide bonds. The molecule has 0 aliphatic rings. The van der Waals surface area contributed by atoms with E-state index in [1.807, 2.05) is 0 Å². The van der Waals surface area contributed by atoms with Crippen LogP contribution in [0, 0.1) is 0 Å². The Kier molecular flexibility index (Phi) is 4.78. The van der Waals surface area contributed by atoms with E-state index in [-0.39, 0.29) is 0 Å². The maximum absolute atomic E-state index is 11.9. The molecule has 100 valence electrons. The molecule has 0 aromatic heterocycles. The smallest absolute Gasteiger partial charge is 0.406 e. The lowest BCUT2D eigenvalue weighted by molar-refractivity contribution is -0.179. The van der Waals surface area contributed by atoms with E-state index in [9.17, 15) is 35.9 Å². The van der Waals surface area contributed by atoms with Gasteiger partial charge in [-0.3, -0.25) is 9.59 Å². The standard InChI is InChI=1S/C7H7F6NO3/c8-6(9,10)1-4(15)14(2-5(16)17)3-7(11,12)13/h1-3H2,(H,16,17). The predicted molar refractivity (Wildman–Crippen MR) is 40.9 cm³/mol. The van der Waals surface area contributed by atoms with E-state index >= 15 is 0 Å². The Hall–Kier alpha value is -1.48. The molecule has 17 heavy (non-hydrogen) atoms. The zero-order chi connectivity index (χ0) is 13.9. The first-order chi connectivity index (χ1) is 7.41. The van der Waals surface area contributed by atoms with Crippen LogP contribution in [0.5, 0.6) is 0 Å². The third-order valence-corrected chi connectivity index (χ3v) is 1.40. The number of carbonyl (C=O) groups is 2. The summed E-state index contributed by atoms with van der Waals surface area (Å²) < 4.78 is 70.9. The van der Waals surface area contributed by atoms with Gasteiger partial charge >= 0.3 is 18.3 Å². The average molecular weight is 267 g/mol. The number of rotatable bonds is 4. The highest BCUT2D eigenvalue weighted by Gasteiger charge is 2.38. The first kappa shape index (κ1) is 15.5. The monoisotopic (exact) mass is 267 g/mol. The van der Waals surface area contributed by atoms with Crippen LogP contribution in [-0.2, 0) is 9.59 Å². The maximum Gasteiger partial charge on any atom is 0.406 e. The topological polar surface area (TPSA) is 57.6 Å². The molecular weight excluding hydrogens is 260 g/mol.